The van der Waals surface area contributed by atoms with E-state index in [0.29, 0.717) is 29.2 Å². The van der Waals surface area contributed by atoms with E-state index < -0.39 is 6.23 Å². The lowest BCUT2D eigenvalue weighted by Gasteiger charge is -2.20. The fourth-order valence-electron chi connectivity index (χ4n) is 3.25. The van der Waals surface area contributed by atoms with Crippen molar-refractivity contribution < 1.29 is 24.1 Å². The quantitative estimate of drug-likeness (QED) is 0.520. The van der Waals surface area contributed by atoms with Crippen molar-refractivity contribution in [1.29, 1.82) is 0 Å². The fraction of sp³-hybridized carbons (Fsp3) is 0.167. The van der Waals surface area contributed by atoms with E-state index in [0.717, 1.165) is 10.0 Å². The van der Waals surface area contributed by atoms with Crippen LogP contribution in [-0.4, -0.2) is 29.0 Å². The van der Waals surface area contributed by atoms with E-state index in [9.17, 15) is 9.90 Å². The Hall–Kier alpha value is -3.52. The third kappa shape index (κ3) is 4.55. The molecule has 1 N–H and O–H groups in total. The van der Waals surface area contributed by atoms with Crippen molar-refractivity contribution in [2.75, 3.05) is 7.11 Å². The molecule has 0 aliphatic carbocycles. The number of aromatic hydroxyl groups is 1. The third-order valence-electron chi connectivity index (χ3n) is 4.89. The summed E-state index contributed by atoms with van der Waals surface area (Å²) in [6.07, 6.45) is -0.933. The van der Waals surface area contributed by atoms with Gasteiger partial charge in [0.15, 0.2) is 0 Å². The van der Waals surface area contributed by atoms with Crippen LogP contribution in [0.15, 0.2) is 76.3 Å². The number of amides is 1. The molecule has 3 aromatic carbocycles. The third-order valence-corrected chi connectivity index (χ3v) is 5.42. The van der Waals surface area contributed by atoms with Crippen molar-refractivity contribution in [3.05, 3.63) is 87.9 Å². The number of halogens is 1. The molecule has 164 valence electrons. The van der Waals surface area contributed by atoms with E-state index in [2.05, 4.69) is 21.0 Å². The Labute approximate surface area is 194 Å². The number of carbonyl (C=O) groups excluding carboxylic acids is 1. The zero-order valence-electron chi connectivity index (χ0n) is 17.5. The SMILES string of the molecule is COc1ccc(O)c(C2OC(c3ccccc3OCc3ccc(Br)cc3)=NN2C(C)=O)c1. The van der Waals surface area contributed by atoms with E-state index in [1.165, 1.54) is 25.1 Å². The summed E-state index contributed by atoms with van der Waals surface area (Å²) in [4.78, 5) is 12.3. The highest BCUT2D eigenvalue weighted by atomic mass is 79.9. The minimum atomic E-state index is -0.933. The smallest absolute Gasteiger partial charge is 0.244 e. The summed E-state index contributed by atoms with van der Waals surface area (Å²) >= 11 is 3.42. The van der Waals surface area contributed by atoms with Gasteiger partial charge in [-0.05, 0) is 48.0 Å². The van der Waals surface area contributed by atoms with Crippen LogP contribution in [0.4, 0.5) is 0 Å². The summed E-state index contributed by atoms with van der Waals surface area (Å²) in [5.74, 6) is 0.947. The van der Waals surface area contributed by atoms with E-state index in [4.69, 9.17) is 14.2 Å². The predicted octanol–water partition coefficient (Wildman–Crippen LogP) is 4.98. The topological polar surface area (TPSA) is 80.6 Å². The summed E-state index contributed by atoms with van der Waals surface area (Å²) < 4.78 is 18.3. The largest absolute Gasteiger partial charge is 0.507 e. The number of phenols is 1. The Kier molecular flexibility index (Phi) is 6.32. The molecule has 3 aromatic rings. The predicted molar refractivity (Wildman–Crippen MR) is 122 cm³/mol. The normalized spacial score (nSPS) is 15.2. The number of carbonyl (C=O) groups is 1. The van der Waals surface area contributed by atoms with Gasteiger partial charge in [0, 0.05) is 11.4 Å². The highest BCUT2D eigenvalue weighted by molar-refractivity contribution is 9.10. The molecule has 8 heteroatoms. The van der Waals surface area contributed by atoms with Crippen LogP contribution in [0.3, 0.4) is 0 Å². The van der Waals surface area contributed by atoms with Crippen LogP contribution >= 0.6 is 15.9 Å². The van der Waals surface area contributed by atoms with Gasteiger partial charge in [-0.25, -0.2) is 0 Å². The van der Waals surface area contributed by atoms with E-state index in [1.807, 2.05) is 48.5 Å². The maximum absolute atomic E-state index is 12.3. The number of rotatable bonds is 6. The Morgan fingerprint density at radius 3 is 2.62 bits per heavy atom. The van der Waals surface area contributed by atoms with Gasteiger partial charge < -0.3 is 19.3 Å². The molecule has 0 spiro atoms. The van der Waals surface area contributed by atoms with Crippen LogP contribution in [0.25, 0.3) is 0 Å². The number of phenolic OH excluding ortho intramolecular Hbond substituents is 1. The highest BCUT2D eigenvalue weighted by Crippen LogP contribution is 2.38. The minimum Gasteiger partial charge on any atom is -0.507 e. The highest BCUT2D eigenvalue weighted by Gasteiger charge is 2.36. The number of methoxy groups -OCH3 is 1. The molecule has 1 atom stereocenters. The average molecular weight is 497 g/mol. The molecular formula is C24H21BrN2O5. The van der Waals surface area contributed by atoms with Gasteiger partial charge in [-0.2, -0.15) is 5.01 Å². The molecule has 4 rings (SSSR count). The van der Waals surface area contributed by atoms with Crippen LogP contribution in [-0.2, 0) is 16.1 Å². The molecule has 0 radical (unpaired) electrons. The molecular weight excluding hydrogens is 476 g/mol. The summed E-state index contributed by atoms with van der Waals surface area (Å²) in [6.45, 7) is 1.74. The second kappa shape index (κ2) is 9.32. The lowest BCUT2D eigenvalue weighted by atomic mass is 10.1. The maximum Gasteiger partial charge on any atom is 0.244 e. The molecule has 1 aliphatic rings. The van der Waals surface area contributed by atoms with Gasteiger partial charge >= 0.3 is 0 Å². The van der Waals surface area contributed by atoms with Crippen LogP contribution in [0, 0.1) is 0 Å². The van der Waals surface area contributed by atoms with E-state index in [1.54, 1.807) is 12.1 Å². The van der Waals surface area contributed by atoms with Gasteiger partial charge in [0.2, 0.25) is 18.0 Å². The lowest BCUT2D eigenvalue weighted by Crippen LogP contribution is -2.25. The first-order chi connectivity index (χ1) is 15.5. The molecule has 1 unspecified atom stereocenters. The van der Waals surface area contributed by atoms with Gasteiger partial charge in [0.25, 0.3) is 0 Å². The lowest BCUT2D eigenvalue weighted by molar-refractivity contribution is -0.135. The first kappa shape index (κ1) is 21.7. The zero-order chi connectivity index (χ0) is 22.7. The number of benzene rings is 3. The van der Waals surface area contributed by atoms with Gasteiger partial charge in [-0.3, -0.25) is 4.79 Å². The molecule has 1 aliphatic heterocycles. The standard InChI is InChI=1S/C24H21BrN2O5/c1-15(28)27-24(20-13-18(30-2)11-12-21(20)29)32-23(26-27)19-5-3-4-6-22(19)31-14-16-7-9-17(25)10-8-16/h3-13,24,29H,14H2,1-2H3. The van der Waals surface area contributed by atoms with Crippen LogP contribution in [0.1, 0.15) is 29.8 Å². The van der Waals surface area contributed by atoms with E-state index >= 15 is 0 Å². The van der Waals surface area contributed by atoms with Crippen molar-refractivity contribution in [2.45, 2.75) is 19.8 Å². The zero-order valence-corrected chi connectivity index (χ0v) is 19.1. The average Bonchev–Trinajstić information content (AvgIpc) is 3.25. The van der Waals surface area contributed by atoms with Crippen molar-refractivity contribution >= 4 is 27.7 Å². The summed E-state index contributed by atoms with van der Waals surface area (Å²) in [5, 5.41) is 15.9. The molecule has 1 heterocycles. The summed E-state index contributed by atoms with van der Waals surface area (Å²) in [5.41, 5.74) is 1.97. The molecule has 1 amide bonds. The van der Waals surface area contributed by atoms with Crippen LogP contribution < -0.4 is 9.47 Å². The second-order valence-corrected chi connectivity index (χ2v) is 7.99. The Morgan fingerprint density at radius 1 is 1.16 bits per heavy atom. The second-order valence-electron chi connectivity index (χ2n) is 7.07. The molecule has 0 saturated carbocycles. The molecule has 32 heavy (non-hydrogen) atoms. The summed E-state index contributed by atoms with van der Waals surface area (Å²) in [6, 6.07) is 19.9. The summed E-state index contributed by atoms with van der Waals surface area (Å²) in [7, 11) is 1.52. The number of ether oxygens (including phenoxy) is 3. The van der Waals surface area contributed by atoms with Gasteiger partial charge in [0.1, 0.15) is 23.9 Å². The van der Waals surface area contributed by atoms with Gasteiger partial charge in [-0.1, -0.05) is 40.2 Å². The molecule has 0 saturated heterocycles. The number of hydrogen-bond acceptors (Lipinski definition) is 6. The minimum absolute atomic E-state index is 0.0294. The maximum atomic E-state index is 12.3. The van der Waals surface area contributed by atoms with Crippen molar-refractivity contribution in [3.8, 4) is 17.2 Å². The van der Waals surface area contributed by atoms with E-state index in [-0.39, 0.29) is 17.6 Å². The molecule has 7 nitrogen and oxygen atoms in total. The monoisotopic (exact) mass is 496 g/mol. The Balaban J connectivity index is 1.62. The number of hydrazone groups is 1. The molecule has 0 bridgehead atoms. The number of para-hydroxylation sites is 1. The van der Waals surface area contributed by atoms with Crippen molar-refractivity contribution in [3.63, 3.8) is 0 Å². The number of nitrogens with zero attached hydrogens (tertiary/aromatic N) is 2. The van der Waals surface area contributed by atoms with Crippen molar-refractivity contribution in [2.24, 2.45) is 5.10 Å². The first-order valence-corrected chi connectivity index (χ1v) is 10.6. The first-order valence-electron chi connectivity index (χ1n) is 9.85. The molecule has 0 aromatic heterocycles. The fourth-order valence-corrected chi connectivity index (χ4v) is 3.51. The van der Waals surface area contributed by atoms with Gasteiger partial charge in [0.05, 0.1) is 18.2 Å². The Bertz CT molecular complexity index is 1160. The molecule has 0 fully saturated rings. The van der Waals surface area contributed by atoms with Gasteiger partial charge in [-0.15, -0.1) is 5.10 Å². The van der Waals surface area contributed by atoms with Crippen molar-refractivity contribution in [1.82, 2.24) is 5.01 Å². The Morgan fingerprint density at radius 2 is 1.91 bits per heavy atom. The van der Waals surface area contributed by atoms with Crippen LogP contribution in [0.5, 0.6) is 17.2 Å². The number of hydrogen-bond donors (Lipinski definition) is 1. The van der Waals surface area contributed by atoms with Crippen LogP contribution in [0.2, 0.25) is 0 Å².